The second kappa shape index (κ2) is 10.8. The molecule has 25 heavy (non-hydrogen) atoms. The van der Waals surface area contributed by atoms with Crippen LogP contribution in [0.1, 0.15) is 37.7 Å². The Morgan fingerprint density at radius 1 is 1.20 bits per heavy atom. The molecular formula is C17H27IN4O2S. The van der Waals surface area contributed by atoms with Gasteiger partial charge in [-0.05, 0) is 49.8 Å². The van der Waals surface area contributed by atoms with Crippen molar-refractivity contribution in [3.05, 3.63) is 41.5 Å². The molecule has 1 aliphatic rings. The van der Waals surface area contributed by atoms with Crippen LogP contribution in [0.2, 0.25) is 0 Å². The molecule has 0 amide bonds. The van der Waals surface area contributed by atoms with E-state index in [1.807, 2.05) is 0 Å². The fourth-order valence-corrected chi connectivity index (χ4v) is 3.19. The molecule has 0 saturated heterocycles. The number of nitrogens with zero attached hydrogens (tertiary/aromatic N) is 1. The minimum Gasteiger partial charge on any atom is -0.356 e. The average molecular weight is 478 g/mol. The van der Waals surface area contributed by atoms with Crippen molar-refractivity contribution in [1.82, 2.24) is 10.6 Å². The van der Waals surface area contributed by atoms with Crippen LogP contribution in [0.5, 0.6) is 0 Å². The number of hydrogen-bond donors (Lipinski definition) is 3. The Morgan fingerprint density at radius 3 is 2.48 bits per heavy atom. The molecule has 2 rings (SSSR count). The summed E-state index contributed by atoms with van der Waals surface area (Å²) in [6, 6.07) is 6.51. The maximum atomic E-state index is 11.2. The van der Waals surface area contributed by atoms with Crippen LogP contribution in [0.3, 0.4) is 0 Å². The summed E-state index contributed by atoms with van der Waals surface area (Å²) < 4.78 is 22.5. The van der Waals surface area contributed by atoms with Gasteiger partial charge in [0.15, 0.2) is 5.96 Å². The fourth-order valence-electron chi connectivity index (χ4n) is 2.68. The first-order valence-electron chi connectivity index (χ1n) is 8.23. The van der Waals surface area contributed by atoms with Gasteiger partial charge in [-0.25, -0.2) is 13.6 Å². The molecule has 0 aromatic heterocycles. The Hall–Kier alpha value is -1.13. The van der Waals surface area contributed by atoms with Gasteiger partial charge in [0.1, 0.15) is 0 Å². The van der Waals surface area contributed by atoms with Crippen LogP contribution in [-0.2, 0) is 16.6 Å². The molecule has 0 bridgehead atoms. The van der Waals surface area contributed by atoms with Crippen LogP contribution in [0.15, 0.2) is 45.8 Å². The third-order valence-electron chi connectivity index (χ3n) is 4.06. The standard InChI is InChI=1S/C17H26N4O2S.HI/c1-19-17(20-12-11-14-5-3-2-4-6-14)21-13-15-7-9-16(10-8-15)24(18,22)23;/h5,7-10H,2-4,6,11-13H2,1H3,(H2,18,22,23)(H2,19,20,21);1H. The lowest BCUT2D eigenvalue weighted by Crippen LogP contribution is -2.37. The molecule has 0 spiro atoms. The van der Waals surface area contributed by atoms with Crippen molar-refractivity contribution in [3.8, 4) is 0 Å². The largest absolute Gasteiger partial charge is 0.356 e. The zero-order chi connectivity index (χ0) is 17.4. The highest BCUT2D eigenvalue weighted by Gasteiger charge is 2.07. The van der Waals surface area contributed by atoms with Gasteiger partial charge in [-0.15, -0.1) is 24.0 Å². The Labute approximate surface area is 167 Å². The molecule has 0 atom stereocenters. The maximum Gasteiger partial charge on any atom is 0.238 e. The van der Waals surface area contributed by atoms with E-state index in [-0.39, 0.29) is 28.9 Å². The summed E-state index contributed by atoms with van der Waals surface area (Å²) in [6.45, 7) is 1.42. The maximum absolute atomic E-state index is 11.2. The Balaban J connectivity index is 0.00000312. The normalized spacial score (nSPS) is 15.1. The van der Waals surface area contributed by atoms with Crippen molar-refractivity contribution in [3.63, 3.8) is 0 Å². The Morgan fingerprint density at radius 2 is 1.92 bits per heavy atom. The molecule has 0 heterocycles. The van der Waals surface area contributed by atoms with E-state index >= 15 is 0 Å². The lowest BCUT2D eigenvalue weighted by atomic mass is 9.97. The number of nitrogens with one attached hydrogen (secondary N) is 2. The van der Waals surface area contributed by atoms with E-state index in [0.29, 0.717) is 6.54 Å². The number of allylic oxidation sites excluding steroid dienone is 1. The summed E-state index contributed by atoms with van der Waals surface area (Å²) in [5, 5.41) is 11.6. The van der Waals surface area contributed by atoms with Crippen molar-refractivity contribution in [2.75, 3.05) is 13.6 Å². The lowest BCUT2D eigenvalue weighted by molar-refractivity contribution is 0.597. The van der Waals surface area contributed by atoms with Gasteiger partial charge in [0.25, 0.3) is 0 Å². The summed E-state index contributed by atoms with van der Waals surface area (Å²) >= 11 is 0. The van der Waals surface area contributed by atoms with Gasteiger partial charge in [0, 0.05) is 20.1 Å². The van der Waals surface area contributed by atoms with Crippen LogP contribution in [-0.4, -0.2) is 28.0 Å². The number of primary sulfonamides is 1. The Kier molecular flexibility index (Phi) is 9.44. The van der Waals surface area contributed by atoms with Crippen LogP contribution in [0, 0.1) is 0 Å². The zero-order valence-corrected chi connectivity index (χ0v) is 17.6. The third-order valence-corrected chi connectivity index (χ3v) is 4.99. The van der Waals surface area contributed by atoms with Gasteiger partial charge in [-0.2, -0.15) is 0 Å². The molecule has 1 aromatic rings. The number of hydrogen-bond acceptors (Lipinski definition) is 3. The number of benzene rings is 1. The van der Waals surface area contributed by atoms with Crippen molar-refractivity contribution in [1.29, 1.82) is 0 Å². The minimum absolute atomic E-state index is 0. The van der Waals surface area contributed by atoms with E-state index in [0.717, 1.165) is 24.5 Å². The van der Waals surface area contributed by atoms with Crippen LogP contribution in [0.4, 0.5) is 0 Å². The molecule has 4 N–H and O–H groups in total. The average Bonchev–Trinajstić information content (AvgIpc) is 2.58. The number of nitrogens with two attached hydrogens (primary N) is 1. The van der Waals surface area contributed by atoms with Crippen molar-refractivity contribution < 1.29 is 8.42 Å². The molecule has 0 radical (unpaired) electrons. The van der Waals surface area contributed by atoms with Gasteiger partial charge in [0.05, 0.1) is 4.90 Å². The van der Waals surface area contributed by atoms with Gasteiger partial charge in [-0.3, -0.25) is 4.99 Å². The zero-order valence-electron chi connectivity index (χ0n) is 14.5. The summed E-state index contributed by atoms with van der Waals surface area (Å²) in [5.41, 5.74) is 2.49. The van der Waals surface area contributed by atoms with Crippen molar-refractivity contribution in [2.45, 2.75) is 43.5 Å². The molecule has 140 valence electrons. The first-order chi connectivity index (χ1) is 11.5. The highest BCUT2D eigenvalue weighted by Crippen LogP contribution is 2.19. The number of sulfonamides is 1. The second-order valence-electron chi connectivity index (χ2n) is 5.90. The number of halogens is 1. The summed E-state index contributed by atoms with van der Waals surface area (Å²) in [7, 11) is -1.90. The van der Waals surface area contributed by atoms with Crippen molar-refractivity contribution >= 4 is 40.0 Å². The monoisotopic (exact) mass is 478 g/mol. The van der Waals surface area contributed by atoms with E-state index in [1.165, 1.54) is 43.4 Å². The highest BCUT2D eigenvalue weighted by molar-refractivity contribution is 14.0. The summed E-state index contributed by atoms with van der Waals surface area (Å²) in [5.74, 6) is 0.738. The molecule has 1 aliphatic carbocycles. The molecule has 6 nitrogen and oxygen atoms in total. The lowest BCUT2D eigenvalue weighted by Gasteiger charge is -2.15. The van der Waals surface area contributed by atoms with E-state index in [2.05, 4.69) is 21.7 Å². The van der Waals surface area contributed by atoms with E-state index in [1.54, 1.807) is 19.2 Å². The minimum atomic E-state index is -3.64. The van der Waals surface area contributed by atoms with E-state index in [4.69, 9.17) is 5.14 Å². The first-order valence-corrected chi connectivity index (χ1v) is 9.78. The molecule has 8 heteroatoms. The topological polar surface area (TPSA) is 96.6 Å². The first kappa shape index (κ1) is 21.9. The van der Waals surface area contributed by atoms with Crippen molar-refractivity contribution in [2.24, 2.45) is 10.1 Å². The van der Waals surface area contributed by atoms with Gasteiger partial charge in [-0.1, -0.05) is 23.8 Å². The van der Waals surface area contributed by atoms with Gasteiger partial charge < -0.3 is 10.6 Å². The smallest absolute Gasteiger partial charge is 0.238 e. The SMILES string of the molecule is CN=C(NCCC1=CCCCC1)NCc1ccc(S(N)(=O)=O)cc1.I. The predicted molar refractivity (Wildman–Crippen MR) is 113 cm³/mol. The molecular weight excluding hydrogens is 451 g/mol. The van der Waals surface area contributed by atoms with Gasteiger partial charge in [0.2, 0.25) is 10.0 Å². The van der Waals surface area contributed by atoms with E-state index < -0.39 is 10.0 Å². The molecule has 0 fully saturated rings. The summed E-state index contributed by atoms with van der Waals surface area (Å²) in [4.78, 5) is 4.32. The summed E-state index contributed by atoms with van der Waals surface area (Å²) in [6.07, 6.45) is 8.43. The number of aliphatic imine (C=N–C) groups is 1. The van der Waals surface area contributed by atoms with Gasteiger partial charge >= 0.3 is 0 Å². The number of rotatable bonds is 6. The molecule has 0 aliphatic heterocycles. The highest BCUT2D eigenvalue weighted by atomic mass is 127. The van der Waals surface area contributed by atoms with E-state index in [9.17, 15) is 8.42 Å². The number of guanidine groups is 1. The Bertz CT molecular complexity index is 700. The van der Waals surface area contributed by atoms with Crippen LogP contribution >= 0.6 is 24.0 Å². The third kappa shape index (κ3) is 7.74. The quantitative estimate of drug-likeness (QED) is 0.253. The second-order valence-corrected chi connectivity index (χ2v) is 7.46. The molecule has 1 aromatic carbocycles. The predicted octanol–water partition coefficient (Wildman–Crippen LogP) is 2.51. The van der Waals surface area contributed by atoms with Crippen LogP contribution < -0.4 is 15.8 Å². The molecule has 0 unspecified atom stereocenters. The molecule has 0 saturated carbocycles. The van der Waals surface area contributed by atoms with Crippen LogP contribution in [0.25, 0.3) is 0 Å². The fraction of sp³-hybridized carbons (Fsp3) is 0.471.